The second-order valence-corrected chi connectivity index (χ2v) is 9.73. The fraction of sp³-hybridized carbons (Fsp3) is 0.160. The first-order valence-electron chi connectivity index (χ1n) is 10.8. The van der Waals surface area contributed by atoms with Crippen LogP contribution >= 0.6 is 0 Å². The third kappa shape index (κ3) is 5.85. The van der Waals surface area contributed by atoms with Crippen LogP contribution in [0.1, 0.15) is 18.2 Å². The summed E-state index contributed by atoms with van der Waals surface area (Å²) in [6.07, 6.45) is 0.142. The maximum Gasteiger partial charge on any atom is 0.263 e. The molecular weight excluding hydrogens is 468 g/mol. The van der Waals surface area contributed by atoms with Crippen molar-refractivity contribution in [2.45, 2.75) is 31.2 Å². The third-order valence-corrected chi connectivity index (χ3v) is 6.67. The summed E-state index contributed by atoms with van der Waals surface area (Å²) in [5, 5.41) is 11.0. The van der Waals surface area contributed by atoms with Gasteiger partial charge in [-0.2, -0.15) is 0 Å². The van der Waals surface area contributed by atoms with Crippen molar-refractivity contribution in [3.8, 4) is 0 Å². The Balaban J connectivity index is 1.34. The van der Waals surface area contributed by atoms with Crippen molar-refractivity contribution in [3.63, 3.8) is 0 Å². The Kier molecular flexibility index (Phi) is 6.83. The Morgan fingerprint density at radius 2 is 1.71 bits per heavy atom. The predicted molar refractivity (Wildman–Crippen MR) is 132 cm³/mol. The van der Waals surface area contributed by atoms with Gasteiger partial charge in [0.2, 0.25) is 11.8 Å². The Morgan fingerprint density at radius 1 is 1.00 bits per heavy atom. The van der Waals surface area contributed by atoms with Gasteiger partial charge in [0, 0.05) is 11.8 Å². The fourth-order valence-electron chi connectivity index (χ4n) is 3.56. The fourth-order valence-corrected chi connectivity index (χ4v) is 4.54. The quantitative estimate of drug-likeness (QED) is 0.344. The minimum Gasteiger partial charge on any atom is -0.360 e. The van der Waals surface area contributed by atoms with Crippen LogP contribution in [0.15, 0.2) is 82.2 Å². The van der Waals surface area contributed by atoms with Gasteiger partial charge in [-0.15, -0.1) is 0 Å². The molecule has 3 N–H and O–H groups in total. The lowest BCUT2D eigenvalue weighted by Gasteiger charge is -2.15. The number of amides is 2. The zero-order valence-electron chi connectivity index (χ0n) is 19.1. The van der Waals surface area contributed by atoms with E-state index in [9.17, 15) is 18.0 Å². The molecule has 0 saturated carbocycles. The van der Waals surface area contributed by atoms with E-state index in [4.69, 9.17) is 4.52 Å². The summed E-state index contributed by atoms with van der Waals surface area (Å²) in [5.74, 6) is -0.158. The molecule has 180 valence electrons. The Labute approximate surface area is 202 Å². The van der Waals surface area contributed by atoms with Gasteiger partial charge >= 0.3 is 0 Å². The van der Waals surface area contributed by atoms with Crippen molar-refractivity contribution in [2.24, 2.45) is 0 Å². The largest absolute Gasteiger partial charge is 0.360 e. The van der Waals surface area contributed by atoms with Crippen molar-refractivity contribution >= 4 is 44.1 Å². The van der Waals surface area contributed by atoms with E-state index in [1.165, 1.54) is 30.3 Å². The van der Waals surface area contributed by atoms with E-state index < -0.39 is 22.0 Å². The van der Waals surface area contributed by atoms with E-state index in [0.29, 0.717) is 11.4 Å². The van der Waals surface area contributed by atoms with E-state index >= 15 is 0 Å². The van der Waals surface area contributed by atoms with Crippen LogP contribution in [0.2, 0.25) is 0 Å². The topological polar surface area (TPSA) is 130 Å². The van der Waals surface area contributed by atoms with Crippen LogP contribution in [0.25, 0.3) is 10.8 Å². The molecule has 0 aliphatic carbocycles. The van der Waals surface area contributed by atoms with Gasteiger partial charge in [-0.05, 0) is 54.4 Å². The van der Waals surface area contributed by atoms with Crippen LogP contribution in [0.4, 0.5) is 11.5 Å². The average molecular weight is 493 g/mol. The highest BCUT2D eigenvalue weighted by Gasteiger charge is 2.19. The third-order valence-electron chi connectivity index (χ3n) is 5.30. The molecule has 9 nitrogen and oxygen atoms in total. The number of carbonyl (C=O) groups excluding carboxylic acids is 2. The van der Waals surface area contributed by atoms with E-state index in [-0.39, 0.29) is 23.0 Å². The van der Waals surface area contributed by atoms with E-state index in [0.717, 1.165) is 16.3 Å². The first-order valence-corrected chi connectivity index (χ1v) is 12.3. The van der Waals surface area contributed by atoms with Crippen molar-refractivity contribution in [1.29, 1.82) is 0 Å². The average Bonchev–Trinajstić information content (AvgIpc) is 3.23. The summed E-state index contributed by atoms with van der Waals surface area (Å²) in [6, 6.07) is 19.9. The maximum atomic E-state index is 12.6. The molecule has 1 heterocycles. The zero-order chi connectivity index (χ0) is 25.0. The van der Waals surface area contributed by atoms with Crippen LogP contribution < -0.4 is 15.4 Å². The Bertz CT molecular complexity index is 1470. The molecule has 0 fully saturated rings. The summed E-state index contributed by atoms with van der Waals surface area (Å²) < 4.78 is 32.1. The van der Waals surface area contributed by atoms with Crippen LogP contribution in [-0.4, -0.2) is 31.4 Å². The molecule has 35 heavy (non-hydrogen) atoms. The van der Waals surface area contributed by atoms with Gasteiger partial charge < -0.3 is 15.2 Å². The maximum absolute atomic E-state index is 12.6. The van der Waals surface area contributed by atoms with Crippen LogP contribution in [0.3, 0.4) is 0 Å². The summed E-state index contributed by atoms with van der Waals surface area (Å²) >= 11 is 0. The molecule has 1 atom stereocenters. The van der Waals surface area contributed by atoms with E-state index in [1.54, 1.807) is 13.8 Å². The van der Waals surface area contributed by atoms with Crippen molar-refractivity contribution in [3.05, 3.63) is 84.1 Å². The van der Waals surface area contributed by atoms with Gasteiger partial charge in [-0.3, -0.25) is 14.3 Å². The number of benzene rings is 3. The van der Waals surface area contributed by atoms with Gasteiger partial charge in [0.15, 0.2) is 5.82 Å². The standard InChI is InChI=1S/C25H24N4O5S/c1-16-14-23(28-34-16)29-35(32,33)21-12-10-20(11-13-21)27-25(31)17(2)26-24(30)15-19-8-5-7-18-6-3-4-9-22(18)19/h3-14,17H,15H2,1-2H3,(H,26,30)(H,27,31)(H,28,29). The number of hydrogen-bond donors (Lipinski definition) is 3. The molecule has 1 unspecified atom stereocenters. The zero-order valence-corrected chi connectivity index (χ0v) is 19.9. The first-order chi connectivity index (χ1) is 16.7. The van der Waals surface area contributed by atoms with Crippen LogP contribution in [0.5, 0.6) is 0 Å². The van der Waals surface area contributed by atoms with Crippen molar-refractivity contribution < 1.29 is 22.5 Å². The molecule has 0 saturated heterocycles. The van der Waals surface area contributed by atoms with Gasteiger partial charge in [0.25, 0.3) is 10.0 Å². The van der Waals surface area contributed by atoms with Gasteiger partial charge in [-0.1, -0.05) is 47.6 Å². The summed E-state index contributed by atoms with van der Waals surface area (Å²) in [4.78, 5) is 25.1. The second-order valence-electron chi connectivity index (χ2n) is 8.05. The SMILES string of the molecule is Cc1cc(NS(=O)(=O)c2ccc(NC(=O)C(C)NC(=O)Cc3cccc4ccccc34)cc2)no1. The van der Waals surface area contributed by atoms with Gasteiger partial charge in [0.1, 0.15) is 11.8 Å². The molecular formula is C25H24N4O5S. The lowest BCUT2D eigenvalue weighted by molar-refractivity contribution is -0.125. The van der Waals surface area contributed by atoms with E-state index in [1.807, 2.05) is 42.5 Å². The number of fused-ring (bicyclic) bond motifs is 1. The molecule has 4 rings (SSSR count). The number of anilines is 2. The smallest absolute Gasteiger partial charge is 0.263 e. The van der Waals surface area contributed by atoms with Crippen molar-refractivity contribution in [2.75, 3.05) is 10.0 Å². The highest BCUT2D eigenvalue weighted by atomic mass is 32.2. The number of aryl methyl sites for hydroxylation is 1. The number of nitrogens with zero attached hydrogens (tertiary/aromatic N) is 1. The molecule has 0 radical (unpaired) electrons. The minimum atomic E-state index is -3.87. The number of sulfonamides is 1. The molecule has 0 aliphatic heterocycles. The second kappa shape index (κ2) is 9.98. The lowest BCUT2D eigenvalue weighted by Crippen LogP contribution is -2.42. The summed E-state index contributed by atoms with van der Waals surface area (Å²) in [6.45, 7) is 3.23. The number of carbonyl (C=O) groups is 2. The minimum absolute atomic E-state index is 0.00686. The highest BCUT2D eigenvalue weighted by Crippen LogP contribution is 2.20. The molecule has 2 amide bonds. The lowest BCUT2D eigenvalue weighted by atomic mass is 10.0. The summed E-state index contributed by atoms with van der Waals surface area (Å²) in [5.41, 5.74) is 1.26. The first kappa shape index (κ1) is 24.0. The van der Waals surface area contributed by atoms with Gasteiger partial charge in [0.05, 0.1) is 11.3 Å². The highest BCUT2D eigenvalue weighted by molar-refractivity contribution is 7.92. The van der Waals surface area contributed by atoms with Crippen molar-refractivity contribution in [1.82, 2.24) is 10.5 Å². The monoisotopic (exact) mass is 492 g/mol. The molecule has 1 aromatic heterocycles. The number of nitrogens with one attached hydrogen (secondary N) is 3. The molecule has 0 spiro atoms. The Hall–Kier alpha value is -4.18. The van der Waals surface area contributed by atoms with E-state index in [2.05, 4.69) is 20.5 Å². The molecule has 0 aliphatic rings. The van der Waals surface area contributed by atoms with Crippen LogP contribution in [0, 0.1) is 6.92 Å². The normalized spacial score (nSPS) is 12.2. The Morgan fingerprint density at radius 3 is 2.43 bits per heavy atom. The molecule has 0 bridgehead atoms. The number of hydrogen-bond acceptors (Lipinski definition) is 6. The van der Waals surface area contributed by atoms with Gasteiger partial charge in [-0.25, -0.2) is 8.42 Å². The van der Waals surface area contributed by atoms with Crippen LogP contribution in [-0.2, 0) is 26.0 Å². The molecule has 10 heteroatoms. The molecule has 3 aromatic carbocycles. The predicted octanol–water partition coefficient (Wildman–Crippen LogP) is 3.62. The number of aromatic nitrogens is 1. The summed E-state index contributed by atoms with van der Waals surface area (Å²) in [7, 11) is -3.87. The number of rotatable bonds is 8. The molecule has 4 aromatic rings.